The molecule has 0 rings (SSSR count). The van der Waals surface area contributed by atoms with Crippen molar-refractivity contribution in [2.75, 3.05) is 13.2 Å². The lowest BCUT2D eigenvalue weighted by Gasteiger charge is -2.28. The molecule has 0 amide bonds. The van der Waals surface area contributed by atoms with Crippen LogP contribution >= 0.6 is 0 Å². The van der Waals surface area contributed by atoms with Crippen molar-refractivity contribution in [2.24, 2.45) is 5.41 Å². The number of esters is 2. The first-order chi connectivity index (χ1) is 9.08. The molecule has 0 aromatic carbocycles. The van der Waals surface area contributed by atoms with E-state index >= 15 is 0 Å². The predicted octanol–water partition coefficient (Wildman–Crippen LogP) is 3.26. The Morgan fingerprint density at radius 1 is 1.05 bits per heavy atom. The Morgan fingerprint density at radius 3 is 1.95 bits per heavy atom. The standard InChI is InChI=1S/C15H26O4/c1-5-9-11-15(12-10-6-2,13(16)18-7-3)14(17)19-8-4/h5,9H,6-8,10-12H2,1-4H3/b9-5+. The Bertz CT molecular complexity index is 289. The van der Waals surface area contributed by atoms with Crippen LogP contribution in [-0.4, -0.2) is 25.2 Å². The number of hydrogen-bond donors (Lipinski definition) is 0. The Morgan fingerprint density at radius 2 is 1.58 bits per heavy atom. The van der Waals surface area contributed by atoms with E-state index in [0.717, 1.165) is 12.8 Å². The third kappa shape index (κ3) is 5.05. The minimum Gasteiger partial charge on any atom is -0.465 e. The minimum absolute atomic E-state index is 0.266. The molecule has 0 N–H and O–H groups in total. The smallest absolute Gasteiger partial charge is 0.323 e. The van der Waals surface area contributed by atoms with Crippen molar-refractivity contribution in [3.63, 3.8) is 0 Å². The van der Waals surface area contributed by atoms with E-state index in [9.17, 15) is 9.59 Å². The highest BCUT2D eigenvalue weighted by atomic mass is 16.6. The van der Waals surface area contributed by atoms with Gasteiger partial charge in [0, 0.05) is 0 Å². The van der Waals surface area contributed by atoms with Gasteiger partial charge >= 0.3 is 11.9 Å². The molecule has 0 aliphatic heterocycles. The molecule has 4 nitrogen and oxygen atoms in total. The molecule has 0 saturated carbocycles. The molecule has 0 heterocycles. The maximum absolute atomic E-state index is 12.2. The van der Waals surface area contributed by atoms with Crippen LogP contribution in [0.2, 0.25) is 0 Å². The summed E-state index contributed by atoms with van der Waals surface area (Å²) in [6.45, 7) is 7.90. The largest absolute Gasteiger partial charge is 0.465 e. The topological polar surface area (TPSA) is 52.6 Å². The molecule has 0 aromatic rings. The average molecular weight is 270 g/mol. The van der Waals surface area contributed by atoms with Crippen molar-refractivity contribution in [2.45, 2.75) is 53.4 Å². The van der Waals surface area contributed by atoms with Crippen LogP contribution < -0.4 is 0 Å². The van der Waals surface area contributed by atoms with Crippen LogP contribution in [0.25, 0.3) is 0 Å². The lowest BCUT2D eigenvalue weighted by molar-refractivity contribution is -0.172. The van der Waals surface area contributed by atoms with Crippen molar-refractivity contribution < 1.29 is 19.1 Å². The lowest BCUT2D eigenvalue weighted by Crippen LogP contribution is -2.42. The molecule has 0 aromatic heterocycles. The molecule has 0 saturated heterocycles. The summed E-state index contributed by atoms with van der Waals surface area (Å²) < 4.78 is 10.2. The summed E-state index contributed by atoms with van der Waals surface area (Å²) in [4.78, 5) is 24.5. The van der Waals surface area contributed by atoms with Crippen LogP contribution in [0.5, 0.6) is 0 Å². The van der Waals surface area contributed by atoms with Gasteiger partial charge in [-0.05, 0) is 33.6 Å². The molecule has 0 aliphatic rings. The zero-order valence-corrected chi connectivity index (χ0v) is 12.5. The van der Waals surface area contributed by atoms with Crippen molar-refractivity contribution in [1.29, 1.82) is 0 Å². The Balaban J connectivity index is 5.28. The van der Waals surface area contributed by atoms with E-state index in [0.29, 0.717) is 12.8 Å². The predicted molar refractivity (Wildman–Crippen MR) is 74.7 cm³/mol. The number of allylic oxidation sites excluding steroid dienone is 2. The zero-order chi connectivity index (χ0) is 14.7. The first-order valence-corrected chi connectivity index (χ1v) is 7.04. The summed E-state index contributed by atoms with van der Waals surface area (Å²) in [6, 6.07) is 0. The molecular weight excluding hydrogens is 244 g/mol. The Labute approximate surface area is 116 Å². The van der Waals surface area contributed by atoms with Gasteiger partial charge in [0.15, 0.2) is 5.41 Å². The van der Waals surface area contributed by atoms with Crippen LogP contribution in [-0.2, 0) is 19.1 Å². The summed E-state index contributed by atoms with van der Waals surface area (Å²) >= 11 is 0. The molecule has 0 radical (unpaired) electrons. The van der Waals surface area contributed by atoms with Gasteiger partial charge < -0.3 is 9.47 Å². The van der Waals surface area contributed by atoms with Crippen LogP contribution in [0.3, 0.4) is 0 Å². The first kappa shape index (κ1) is 17.7. The molecule has 0 unspecified atom stereocenters. The minimum atomic E-state index is -1.19. The summed E-state index contributed by atoms with van der Waals surface area (Å²) in [5.41, 5.74) is -1.19. The van der Waals surface area contributed by atoms with Gasteiger partial charge in [-0.3, -0.25) is 9.59 Å². The van der Waals surface area contributed by atoms with E-state index < -0.39 is 17.4 Å². The third-order valence-corrected chi connectivity index (χ3v) is 2.99. The molecule has 4 heteroatoms. The van der Waals surface area contributed by atoms with E-state index in [1.165, 1.54) is 0 Å². The van der Waals surface area contributed by atoms with Crippen molar-refractivity contribution >= 4 is 11.9 Å². The normalized spacial score (nSPS) is 11.6. The lowest BCUT2D eigenvalue weighted by atomic mass is 9.79. The summed E-state index contributed by atoms with van der Waals surface area (Å²) in [5, 5.41) is 0. The highest BCUT2D eigenvalue weighted by Gasteiger charge is 2.47. The second-order valence-electron chi connectivity index (χ2n) is 4.40. The van der Waals surface area contributed by atoms with Gasteiger partial charge in [-0.25, -0.2) is 0 Å². The Kier molecular flexibility index (Phi) is 8.92. The van der Waals surface area contributed by atoms with Gasteiger partial charge in [0.25, 0.3) is 0 Å². The zero-order valence-electron chi connectivity index (χ0n) is 12.5. The van der Waals surface area contributed by atoms with Crippen LogP contribution in [0, 0.1) is 5.41 Å². The van der Waals surface area contributed by atoms with Gasteiger partial charge in [-0.1, -0.05) is 31.9 Å². The number of ether oxygens (including phenoxy) is 2. The van der Waals surface area contributed by atoms with Crippen LogP contribution in [0.4, 0.5) is 0 Å². The molecule has 0 bridgehead atoms. The van der Waals surface area contributed by atoms with Crippen LogP contribution in [0.1, 0.15) is 53.4 Å². The van der Waals surface area contributed by atoms with E-state index in [1.807, 2.05) is 26.0 Å². The highest BCUT2D eigenvalue weighted by Crippen LogP contribution is 2.33. The molecule has 19 heavy (non-hydrogen) atoms. The molecular formula is C15H26O4. The molecule has 0 atom stereocenters. The maximum Gasteiger partial charge on any atom is 0.323 e. The number of hydrogen-bond acceptors (Lipinski definition) is 4. The molecule has 0 fully saturated rings. The second kappa shape index (κ2) is 9.59. The monoisotopic (exact) mass is 270 g/mol. The van der Waals surface area contributed by atoms with Gasteiger partial charge in [0.05, 0.1) is 13.2 Å². The maximum atomic E-state index is 12.2. The third-order valence-electron chi connectivity index (χ3n) is 2.99. The van der Waals surface area contributed by atoms with Gasteiger partial charge in [0.1, 0.15) is 0 Å². The number of carbonyl (C=O) groups excluding carboxylic acids is 2. The van der Waals surface area contributed by atoms with Gasteiger partial charge in [0.2, 0.25) is 0 Å². The van der Waals surface area contributed by atoms with Crippen molar-refractivity contribution in [1.82, 2.24) is 0 Å². The fourth-order valence-electron chi connectivity index (χ4n) is 1.89. The van der Waals surface area contributed by atoms with E-state index in [4.69, 9.17) is 9.47 Å². The molecule has 110 valence electrons. The number of rotatable bonds is 9. The first-order valence-electron chi connectivity index (χ1n) is 7.04. The summed E-state index contributed by atoms with van der Waals surface area (Å²) in [5.74, 6) is -0.944. The fourth-order valence-corrected chi connectivity index (χ4v) is 1.89. The fraction of sp³-hybridized carbons (Fsp3) is 0.733. The van der Waals surface area contributed by atoms with Crippen molar-refractivity contribution in [3.05, 3.63) is 12.2 Å². The quantitative estimate of drug-likeness (QED) is 0.366. The summed E-state index contributed by atoms with van der Waals surface area (Å²) in [6.07, 6.45) is 6.15. The molecule has 0 aliphatic carbocycles. The number of unbranched alkanes of at least 4 members (excludes halogenated alkanes) is 1. The summed E-state index contributed by atoms with van der Waals surface area (Å²) in [7, 11) is 0. The van der Waals surface area contributed by atoms with Gasteiger partial charge in [-0.2, -0.15) is 0 Å². The van der Waals surface area contributed by atoms with Gasteiger partial charge in [-0.15, -0.1) is 0 Å². The highest BCUT2D eigenvalue weighted by molar-refractivity contribution is 6.00. The Hall–Kier alpha value is -1.32. The second-order valence-corrected chi connectivity index (χ2v) is 4.40. The molecule has 0 spiro atoms. The SMILES string of the molecule is C/C=C/CC(CCCC)(C(=O)OCC)C(=O)OCC. The van der Waals surface area contributed by atoms with E-state index in [1.54, 1.807) is 13.8 Å². The number of carbonyl (C=O) groups is 2. The van der Waals surface area contributed by atoms with E-state index in [-0.39, 0.29) is 13.2 Å². The average Bonchev–Trinajstić information content (AvgIpc) is 2.40. The van der Waals surface area contributed by atoms with E-state index in [2.05, 4.69) is 0 Å². The van der Waals surface area contributed by atoms with Crippen molar-refractivity contribution in [3.8, 4) is 0 Å². The van der Waals surface area contributed by atoms with Crippen LogP contribution in [0.15, 0.2) is 12.2 Å².